The van der Waals surface area contributed by atoms with E-state index in [0.29, 0.717) is 6.42 Å². The number of carbonyl (C=O) groups excluding carboxylic acids is 1. The van der Waals surface area contributed by atoms with E-state index >= 15 is 0 Å². The van der Waals surface area contributed by atoms with Crippen LogP contribution in [0.4, 0.5) is 0 Å². The first-order valence-electron chi connectivity index (χ1n) is 4.42. The summed E-state index contributed by atoms with van der Waals surface area (Å²) >= 11 is 0. The van der Waals surface area contributed by atoms with Crippen molar-refractivity contribution in [2.24, 2.45) is 5.92 Å². The molecule has 72 valence electrons. The van der Waals surface area contributed by atoms with E-state index in [0.717, 1.165) is 12.1 Å². The fourth-order valence-corrected chi connectivity index (χ4v) is 1.19. The lowest BCUT2D eigenvalue weighted by molar-refractivity contribution is -0.121. The average Bonchev–Trinajstić information content (AvgIpc) is 2.57. The van der Waals surface area contributed by atoms with E-state index < -0.39 is 0 Å². The first kappa shape index (κ1) is 9.99. The van der Waals surface area contributed by atoms with Crippen LogP contribution in [0.2, 0.25) is 0 Å². The molecule has 0 saturated heterocycles. The topological polar surface area (TPSA) is 42.2 Å². The van der Waals surface area contributed by atoms with Crippen LogP contribution < -0.4 is 5.32 Å². The standard InChI is InChI=1S/C10H15NO2/c1-8(6-11-2)10(12)5-9-3-4-13-7-9/h3-4,7-8,11H,5-6H2,1-2H3. The molecule has 0 spiro atoms. The number of nitrogens with one attached hydrogen (secondary N) is 1. The van der Waals surface area contributed by atoms with Gasteiger partial charge in [0, 0.05) is 18.9 Å². The van der Waals surface area contributed by atoms with Gasteiger partial charge in [-0.25, -0.2) is 0 Å². The van der Waals surface area contributed by atoms with Gasteiger partial charge in [-0.3, -0.25) is 4.79 Å². The van der Waals surface area contributed by atoms with E-state index in [-0.39, 0.29) is 11.7 Å². The van der Waals surface area contributed by atoms with Gasteiger partial charge in [-0.2, -0.15) is 0 Å². The van der Waals surface area contributed by atoms with Crippen LogP contribution in [-0.2, 0) is 11.2 Å². The first-order chi connectivity index (χ1) is 6.24. The van der Waals surface area contributed by atoms with Crippen molar-refractivity contribution in [3.05, 3.63) is 24.2 Å². The van der Waals surface area contributed by atoms with Crippen molar-refractivity contribution >= 4 is 5.78 Å². The molecule has 1 N–H and O–H groups in total. The molecule has 1 aromatic rings. The summed E-state index contributed by atoms with van der Waals surface area (Å²) in [6, 6.07) is 1.82. The highest BCUT2D eigenvalue weighted by Gasteiger charge is 2.12. The molecule has 3 nitrogen and oxygen atoms in total. The summed E-state index contributed by atoms with van der Waals surface area (Å²) < 4.78 is 4.89. The molecule has 1 unspecified atom stereocenters. The molecule has 1 atom stereocenters. The van der Waals surface area contributed by atoms with E-state index in [9.17, 15) is 4.79 Å². The van der Waals surface area contributed by atoms with Crippen molar-refractivity contribution < 1.29 is 9.21 Å². The third-order valence-corrected chi connectivity index (χ3v) is 2.02. The van der Waals surface area contributed by atoms with Crippen molar-refractivity contribution in [2.75, 3.05) is 13.6 Å². The van der Waals surface area contributed by atoms with E-state index in [1.807, 2.05) is 20.0 Å². The Labute approximate surface area is 78.1 Å². The molecule has 1 rings (SSSR count). The van der Waals surface area contributed by atoms with Crippen LogP contribution in [0.5, 0.6) is 0 Å². The summed E-state index contributed by atoms with van der Waals surface area (Å²) in [7, 11) is 1.85. The molecule has 0 aliphatic rings. The van der Waals surface area contributed by atoms with Crippen molar-refractivity contribution in [3.63, 3.8) is 0 Å². The monoisotopic (exact) mass is 181 g/mol. The summed E-state index contributed by atoms with van der Waals surface area (Å²) in [5.74, 6) is 0.315. The Bertz CT molecular complexity index is 254. The van der Waals surface area contributed by atoms with Crippen LogP contribution in [0.3, 0.4) is 0 Å². The zero-order valence-corrected chi connectivity index (χ0v) is 8.04. The fourth-order valence-electron chi connectivity index (χ4n) is 1.19. The van der Waals surface area contributed by atoms with E-state index in [2.05, 4.69) is 5.32 Å². The minimum Gasteiger partial charge on any atom is -0.472 e. The largest absolute Gasteiger partial charge is 0.472 e. The molecule has 0 radical (unpaired) electrons. The molecule has 1 aromatic heterocycles. The minimum absolute atomic E-state index is 0.0694. The molecule has 3 heteroatoms. The Morgan fingerprint density at radius 2 is 2.46 bits per heavy atom. The van der Waals surface area contributed by atoms with Crippen LogP contribution in [-0.4, -0.2) is 19.4 Å². The third kappa shape index (κ3) is 3.03. The highest BCUT2D eigenvalue weighted by atomic mass is 16.3. The fraction of sp³-hybridized carbons (Fsp3) is 0.500. The molecule has 0 saturated carbocycles. The molecule has 0 aromatic carbocycles. The van der Waals surface area contributed by atoms with Gasteiger partial charge in [0.05, 0.1) is 12.5 Å². The molecular formula is C10H15NO2. The van der Waals surface area contributed by atoms with Crippen LogP contribution in [0.15, 0.2) is 23.0 Å². The number of hydrogen-bond acceptors (Lipinski definition) is 3. The second-order valence-corrected chi connectivity index (χ2v) is 3.23. The van der Waals surface area contributed by atoms with Crippen LogP contribution in [0.25, 0.3) is 0 Å². The summed E-state index contributed by atoms with van der Waals surface area (Å²) in [5.41, 5.74) is 0.952. The maximum Gasteiger partial charge on any atom is 0.141 e. The van der Waals surface area contributed by atoms with Crippen molar-refractivity contribution in [3.8, 4) is 0 Å². The van der Waals surface area contributed by atoms with Crippen LogP contribution >= 0.6 is 0 Å². The Balaban J connectivity index is 2.41. The normalized spacial score (nSPS) is 12.8. The van der Waals surface area contributed by atoms with Gasteiger partial charge in [0.25, 0.3) is 0 Å². The predicted octanol–water partition coefficient (Wildman–Crippen LogP) is 1.25. The van der Waals surface area contributed by atoms with Gasteiger partial charge >= 0.3 is 0 Å². The second kappa shape index (κ2) is 4.82. The first-order valence-corrected chi connectivity index (χ1v) is 4.42. The van der Waals surface area contributed by atoms with Gasteiger partial charge in [-0.1, -0.05) is 6.92 Å². The second-order valence-electron chi connectivity index (χ2n) is 3.23. The van der Waals surface area contributed by atoms with Crippen LogP contribution in [0, 0.1) is 5.92 Å². The number of hydrogen-bond donors (Lipinski definition) is 1. The van der Waals surface area contributed by atoms with E-state index in [1.54, 1.807) is 12.5 Å². The number of furan rings is 1. The SMILES string of the molecule is CNCC(C)C(=O)Cc1ccoc1. The number of Topliss-reactive ketones (excluding diaryl/α,β-unsaturated/α-hetero) is 1. The average molecular weight is 181 g/mol. The quantitative estimate of drug-likeness (QED) is 0.743. The number of carbonyl (C=O) groups is 1. The number of ketones is 1. The maximum atomic E-state index is 11.5. The number of rotatable bonds is 5. The van der Waals surface area contributed by atoms with E-state index in [4.69, 9.17) is 4.42 Å². The minimum atomic E-state index is 0.0694. The highest BCUT2D eigenvalue weighted by molar-refractivity contribution is 5.83. The lowest BCUT2D eigenvalue weighted by Crippen LogP contribution is -2.24. The molecular weight excluding hydrogens is 166 g/mol. The Kier molecular flexibility index (Phi) is 3.71. The maximum absolute atomic E-state index is 11.5. The van der Waals surface area contributed by atoms with Gasteiger partial charge in [-0.05, 0) is 18.7 Å². The lowest BCUT2D eigenvalue weighted by atomic mass is 10.0. The molecule has 0 aliphatic heterocycles. The van der Waals surface area contributed by atoms with Gasteiger partial charge in [0.1, 0.15) is 5.78 Å². The van der Waals surface area contributed by atoms with Gasteiger partial charge in [0.15, 0.2) is 0 Å². The van der Waals surface area contributed by atoms with E-state index in [1.165, 1.54) is 0 Å². The van der Waals surface area contributed by atoms with Gasteiger partial charge in [0.2, 0.25) is 0 Å². The molecule has 13 heavy (non-hydrogen) atoms. The molecule has 0 aliphatic carbocycles. The molecule has 0 bridgehead atoms. The van der Waals surface area contributed by atoms with Gasteiger partial charge < -0.3 is 9.73 Å². The Morgan fingerprint density at radius 3 is 3.00 bits per heavy atom. The van der Waals surface area contributed by atoms with Crippen LogP contribution in [0.1, 0.15) is 12.5 Å². The lowest BCUT2D eigenvalue weighted by Gasteiger charge is -2.07. The summed E-state index contributed by atoms with van der Waals surface area (Å²) in [4.78, 5) is 11.5. The molecule has 0 amide bonds. The molecule has 1 heterocycles. The summed E-state index contributed by atoms with van der Waals surface area (Å²) in [6.07, 6.45) is 3.68. The highest BCUT2D eigenvalue weighted by Crippen LogP contribution is 2.05. The van der Waals surface area contributed by atoms with Crippen molar-refractivity contribution in [2.45, 2.75) is 13.3 Å². The Morgan fingerprint density at radius 1 is 1.69 bits per heavy atom. The smallest absolute Gasteiger partial charge is 0.141 e. The Hall–Kier alpha value is -1.09. The van der Waals surface area contributed by atoms with Gasteiger partial charge in [-0.15, -0.1) is 0 Å². The zero-order valence-electron chi connectivity index (χ0n) is 8.04. The van der Waals surface area contributed by atoms with Crippen molar-refractivity contribution in [1.82, 2.24) is 5.32 Å². The summed E-state index contributed by atoms with van der Waals surface area (Å²) in [6.45, 7) is 2.66. The van der Waals surface area contributed by atoms with Crippen molar-refractivity contribution in [1.29, 1.82) is 0 Å². The third-order valence-electron chi connectivity index (χ3n) is 2.02. The summed E-state index contributed by atoms with van der Waals surface area (Å²) in [5, 5.41) is 2.98. The predicted molar refractivity (Wildman–Crippen MR) is 50.5 cm³/mol. The molecule has 0 fully saturated rings. The zero-order chi connectivity index (χ0) is 9.68.